The molecule has 2 aromatic carbocycles. The smallest absolute Gasteiger partial charge is 0.176 e. The quantitative estimate of drug-likeness (QED) is 0.643. The number of nitrogens with one attached hydrogen (secondary N) is 1. The molecule has 2 rings (SSSR count). The van der Waals surface area contributed by atoms with Gasteiger partial charge in [0.15, 0.2) is 11.5 Å². The van der Waals surface area contributed by atoms with Crippen LogP contribution in [0.15, 0.2) is 41.5 Å². The summed E-state index contributed by atoms with van der Waals surface area (Å²) >= 11 is 5.96. The summed E-state index contributed by atoms with van der Waals surface area (Å²) in [5.41, 5.74) is 5.75. The molecule has 2 N–H and O–H groups in total. The van der Waals surface area contributed by atoms with Crippen LogP contribution in [0.2, 0.25) is 5.02 Å². The van der Waals surface area contributed by atoms with Crippen LogP contribution < -0.4 is 10.2 Å². The Kier molecular flexibility index (Phi) is 5.06. The van der Waals surface area contributed by atoms with Crippen LogP contribution in [-0.2, 0) is 0 Å². The fourth-order valence-corrected chi connectivity index (χ4v) is 1.96. The summed E-state index contributed by atoms with van der Waals surface area (Å²) in [6, 6.07) is 11.2. The molecule has 21 heavy (non-hydrogen) atoms. The van der Waals surface area contributed by atoms with Crippen LogP contribution in [0.1, 0.15) is 18.1 Å². The Morgan fingerprint density at radius 2 is 2.00 bits per heavy atom. The molecule has 110 valence electrons. The maximum Gasteiger partial charge on any atom is 0.176 e. The highest BCUT2D eigenvalue weighted by Gasteiger charge is 2.08. The molecule has 0 atom stereocenters. The topological polar surface area (TPSA) is 53.8 Å². The average molecular weight is 305 g/mol. The molecule has 0 fully saturated rings. The normalized spacial score (nSPS) is 10.8. The van der Waals surface area contributed by atoms with Gasteiger partial charge in [-0.05, 0) is 43.7 Å². The van der Waals surface area contributed by atoms with Crippen molar-refractivity contribution < 1.29 is 9.84 Å². The third-order valence-electron chi connectivity index (χ3n) is 2.81. The molecule has 0 aromatic heterocycles. The summed E-state index contributed by atoms with van der Waals surface area (Å²) < 4.78 is 5.32. The van der Waals surface area contributed by atoms with E-state index in [1.807, 2.05) is 38.1 Å². The Labute approximate surface area is 129 Å². The maximum absolute atomic E-state index is 9.77. The van der Waals surface area contributed by atoms with E-state index in [1.165, 1.54) is 5.56 Å². The number of hydrazone groups is 1. The number of benzene rings is 2. The molecule has 0 radical (unpaired) electrons. The molecule has 0 heterocycles. The SMILES string of the molecule is CCOc1cc(/C=N\Nc2ccc(C)cc2)cc(Cl)c1O. The van der Waals surface area contributed by atoms with Crippen LogP contribution in [0.25, 0.3) is 0 Å². The Bertz CT molecular complexity index is 639. The standard InChI is InChI=1S/C16H17ClN2O2/c1-3-21-15-9-12(8-14(17)16(15)20)10-18-19-13-6-4-11(2)5-7-13/h4-10,19-20H,3H2,1-2H3/b18-10-. The number of phenols is 1. The minimum absolute atomic E-state index is 0.0536. The number of anilines is 1. The molecule has 0 saturated carbocycles. The van der Waals surface area contributed by atoms with Crippen LogP contribution in [-0.4, -0.2) is 17.9 Å². The van der Waals surface area contributed by atoms with Gasteiger partial charge in [0, 0.05) is 0 Å². The van der Waals surface area contributed by atoms with E-state index in [2.05, 4.69) is 10.5 Å². The van der Waals surface area contributed by atoms with E-state index >= 15 is 0 Å². The van der Waals surface area contributed by atoms with Crippen molar-refractivity contribution in [1.82, 2.24) is 0 Å². The van der Waals surface area contributed by atoms with E-state index in [4.69, 9.17) is 16.3 Å². The highest BCUT2D eigenvalue weighted by atomic mass is 35.5. The van der Waals surface area contributed by atoms with Gasteiger partial charge in [0.2, 0.25) is 0 Å². The van der Waals surface area contributed by atoms with E-state index < -0.39 is 0 Å². The van der Waals surface area contributed by atoms with Gasteiger partial charge >= 0.3 is 0 Å². The number of nitrogens with zero attached hydrogens (tertiary/aromatic N) is 1. The highest BCUT2D eigenvalue weighted by molar-refractivity contribution is 6.32. The number of phenolic OH excluding ortho intramolecular Hbond substituents is 1. The molecule has 4 nitrogen and oxygen atoms in total. The second-order valence-electron chi connectivity index (χ2n) is 4.52. The second kappa shape index (κ2) is 6.99. The first-order valence-electron chi connectivity index (χ1n) is 6.61. The average Bonchev–Trinajstić information content (AvgIpc) is 2.46. The molecule has 0 amide bonds. The van der Waals surface area contributed by atoms with Crippen LogP contribution in [0.5, 0.6) is 11.5 Å². The lowest BCUT2D eigenvalue weighted by atomic mass is 10.2. The largest absolute Gasteiger partial charge is 0.503 e. The lowest BCUT2D eigenvalue weighted by Gasteiger charge is -2.08. The number of hydrogen-bond donors (Lipinski definition) is 2. The summed E-state index contributed by atoms with van der Waals surface area (Å²) in [5.74, 6) is 0.295. The fraction of sp³-hybridized carbons (Fsp3) is 0.188. The summed E-state index contributed by atoms with van der Waals surface area (Å²) in [6.07, 6.45) is 1.62. The Morgan fingerprint density at radius 1 is 1.29 bits per heavy atom. The monoisotopic (exact) mass is 304 g/mol. The van der Waals surface area contributed by atoms with Gasteiger partial charge in [0.05, 0.1) is 23.5 Å². The second-order valence-corrected chi connectivity index (χ2v) is 4.93. The zero-order valence-corrected chi connectivity index (χ0v) is 12.7. The minimum Gasteiger partial charge on any atom is -0.503 e. The first kappa shape index (κ1) is 15.2. The van der Waals surface area contributed by atoms with Gasteiger partial charge < -0.3 is 9.84 Å². The molecule has 0 bridgehead atoms. The molecule has 0 aliphatic heterocycles. The predicted octanol–water partition coefficient (Wildman–Crippen LogP) is 4.20. The number of ether oxygens (including phenoxy) is 1. The van der Waals surface area contributed by atoms with Crippen molar-refractivity contribution in [2.75, 3.05) is 12.0 Å². The fourth-order valence-electron chi connectivity index (χ4n) is 1.74. The molecule has 0 aliphatic rings. The van der Waals surface area contributed by atoms with E-state index in [1.54, 1.807) is 18.3 Å². The van der Waals surface area contributed by atoms with Crippen molar-refractivity contribution in [2.45, 2.75) is 13.8 Å². The molecular formula is C16H17ClN2O2. The van der Waals surface area contributed by atoms with Gasteiger partial charge in [-0.25, -0.2) is 0 Å². The van der Waals surface area contributed by atoms with Crippen molar-refractivity contribution in [3.05, 3.63) is 52.5 Å². The zero-order chi connectivity index (χ0) is 15.2. The lowest BCUT2D eigenvalue weighted by Crippen LogP contribution is -1.95. The summed E-state index contributed by atoms with van der Waals surface area (Å²) in [6.45, 7) is 4.32. The number of rotatable bonds is 5. The summed E-state index contributed by atoms with van der Waals surface area (Å²) in [4.78, 5) is 0. The van der Waals surface area contributed by atoms with Gasteiger partial charge in [-0.1, -0.05) is 29.3 Å². The summed E-state index contributed by atoms with van der Waals surface area (Å²) in [7, 11) is 0. The first-order valence-corrected chi connectivity index (χ1v) is 6.99. The van der Waals surface area contributed by atoms with Crippen molar-refractivity contribution in [2.24, 2.45) is 5.10 Å². The number of halogens is 1. The predicted molar refractivity (Wildman–Crippen MR) is 86.7 cm³/mol. The maximum atomic E-state index is 9.77. The van der Waals surface area contributed by atoms with Gasteiger partial charge in [0.25, 0.3) is 0 Å². The lowest BCUT2D eigenvalue weighted by molar-refractivity contribution is 0.318. The van der Waals surface area contributed by atoms with E-state index in [-0.39, 0.29) is 10.8 Å². The first-order chi connectivity index (χ1) is 10.1. The Hall–Kier alpha value is -2.20. The molecule has 0 spiro atoms. The number of aryl methyl sites for hydroxylation is 1. The van der Waals surface area contributed by atoms with Gasteiger partial charge in [-0.15, -0.1) is 0 Å². The van der Waals surface area contributed by atoms with Crippen LogP contribution in [0.4, 0.5) is 5.69 Å². The number of hydrogen-bond acceptors (Lipinski definition) is 4. The van der Waals surface area contributed by atoms with Gasteiger partial charge in [-0.2, -0.15) is 5.10 Å². The third-order valence-corrected chi connectivity index (χ3v) is 3.10. The van der Waals surface area contributed by atoms with Gasteiger partial charge in [-0.3, -0.25) is 5.43 Å². The Morgan fingerprint density at radius 3 is 2.67 bits per heavy atom. The van der Waals surface area contributed by atoms with Gasteiger partial charge in [0.1, 0.15) is 0 Å². The van der Waals surface area contributed by atoms with Crippen LogP contribution in [0.3, 0.4) is 0 Å². The Balaban J connectivity index is 2.11. The zero-order valence-electron chi connectivity index (χ0n) is 11.9. The van der Waals surface area contributed by atoms with Crippen molar-refractivity contribution in [1.29, 1.82) is 0 Å². The van der Waals surface area contributed by atoms with E-state index in [0.717, 1.165) is 11.3 Å². The van der Waals surface area contributed by atoms with Crippen molar-refractivity contribution >= 4 is 23.5 Å². The van der Waals surface area contributed by atoms with Crippen LogP contribution >= 0.6 is 11.6 Å². The molecule has 0 unspecified atom stereocenters. The minimum atomic E-state index is -0.0536. The molecular weight excluding hydrogens is 288 g/mol. The molecule has 0 saturated heterocycles. The van der Waals surface area contributed by atoms with Crippen molar-refractivity contribution in [3.8, 4) is 11.5 Å². The van der Waals surface area contributed by atoms with E-state index in [0.29, 0.717) is 12.4 Å². The molecule has 5 heteroatoms. The molecule has 2 aromatic rings. The van der Waals surface area contributed by atoms with Crippen molar-refractivity contribution in [3.63, 3.8) is 0 Å². The molecule has 0 aliphatic carbocycles. The van der Waals surface area contributed by atoms with Crippen LogP contribution in [0, 0.1) is 6.92 Å². The third kappa shape index (κ3) is 4.13. The summed E-state index contributed by atoms with van der Waals surface area (Å²) in [5, 5.41) is 14.1. The highest BCUT2D eigenvalue weighted by Crippen LogP contribution is 2.34. The number of aromatic hydroxyl groups is 1. The van der Waals surface area contributed by atoms with E-state index in [9.17, 15) is 5.11 Å².